The largest absolute Gasteiger partial charge is 0.486 e. The molecule has 4 aromatic rings. The van der Waals surface area contributed by atoms with E-state index in [1.54, 1.807) is 20.8 Å². The number of carbonyl (C=O) groups is 1. The van der Waals surface area contributed by atoms with Gasteiger partial charge >= 0.3 is 5.97 Å². The third kappa shape index (κ3) is 8.21. The molecule has 47 heavy (non-hydrogen) atoms. The molecule has 3 aliphatic heterocycles. The number of aryl methyl sites for hydroxylation is 3. The summed E-state index contributed by atoms with van der Waals surface area (Å²) in [5.74, 6) is 0.752. The summed E-state index contributed by atoms with van der Waals surface area (Å²) in [5, 5.41) is 23.3. The second kappa shape index (κ2) is 13.5. The van der Waals surface area contributed by atoms with Crippen LogP contribution in [0.1, 0.15) is 69.8 Å². The molecule has 1 unspecified atom stereocenters. The minimum atomic E-state index is -0.885. The maximum Gasteiger partial charge on any atom is 0.308 e. The number of nitrogens with zero attached hydrogens (tertiary/aromatic N) is 4. The normalized spacial score (nSPS) is 20.4. The number of carboxylic acids is 1. The predicted molar refractivity (Wildman–Crippen MR) is 186 cm³/mol. The van der Waals surface area contributed by atoms with E-state index in [1.165, 1.54) is 11.1 Å². The van der Waals surface area contributed by atoms with Gasteiger partial charge in [0.05, 0.1) is 29.9 Å². The number of anilines is 1. The fourth-order valence-corrected chi connectivity index (χ4v) is 5.99. The summed E-state index contributed by atoms with van der Waals surface area (Å²) in [6, 6.07) is 14.6. The van der Waals surface area contributed by atoms with Crippen molar-refractivity contribution in [2.24, 2.45) is 0 Å². The van der Waals surface area contributed by atoms with Crippen molar-refractivity contribution in [3.05, 3.63) is 77.0 Å². The molecule has 7 rings (SSSR count). The van der Waals surface area contributed by atoms with Gasteiger partial charge in [-0.05, 0) is 109 Å². The first kappa shape index (κ1) is 34.1. The van der Waals surface area contributed by atoms with Gasteiger partial charge in [0.25, 0.3) is 0 Å². The maximum absolute atomic E-state index is 11.9. The summed E-state index contributed by atoms with van der Waals surface area (Å²) < 4.78 is 14.7. The van der Waals surface area contributed by atoms with Crippen LogP contribution >= 0.6 is 0 Å². The fourth-order valence-electron chi connectivity index (χ4n) is 5.99. The number of aromatic nitrogens is 3. The zero-order valence-electron chi connectivity index (χ0n) is 28.9. The number of aliphatic hydroxyl groups is 1. The van der Waals surface area contributed by atoms with Crippen molar-refractivity contribution < 1.29 is 24.5 Å². The molecule has 0 radical (unpaired) electrons. The van der Waals surface area contributed by atoms with Crippen LogP contribution < -0.4 is 9.64 Å². The van der Waals surface area contributed by atoms with Crippen molar-refractivity contribution in [2.75, 3.05) is 24.6 Å². The number of hydrogen-bond donors (Lipinski definition) is 2. The average Bonchev–Trinajstić information content (AvgIpc) is 3.40. The number of rotatable bonds is 2. The molecular formula is C38H48N4O5. The first-order valence-electron chi connectivity index (χ1n) is 16.4. The molecule has 9 nitrogen and oxygen atoms in total. The maximum atomic E-state index is 11.9. The highest BCUT2D eigenvalue weighted by Crippen LogP contribution is 2.37. The Morgan fingerprint density at radius 2 is 1.70 bits per heavy atom. The smallest absolute Gasteiger partial charge is 0.308 e. The fraction of sp³-hybridized carbons (Fsp3) is 0.447. The molecule has 250 valence electrons. The van der Waals surface area contributed by atoms with Crippen molar-refractivity contribution in [2.45, 2.75) is 92.0 Å². The van der Waals surface area contributed by atoms with Gasteiger partial charge in [-0.1, -0.05) is 24.3 Å². The van der Waals surface area contributed by atoms with Gasteiger partial charge < -0.3 is 24.6 Å². The number of aliphatic carboxylic acids is 1. The number of piperidine rings is 1. The lowest BCUT2D eigenvalue weighted by Crippen LogP contribution is -2.45. The Morgan fingerprint density at radius 3 is 2.38 bits per heavy atom. The summed E-state index contributed by atoms with van der Waals surface area (Å²) in [6.07, 6.45) is 5.48. The second-order valence-electron chi connectivity index (χ2n) is 14.1. The number of carboxylic acid groups (broad SMARTS) is 1. The Balaban J connectivity index is 0.000000807. The van der Waals surface area contributed by atoms with Gasteiger partial charge in [0.15, 0.2) is 5.65 Å². The molecule has 0 spiro atoms. The molecule has 2 N–H and O–H groups in total. The van der Waals surface area contributed by atoms with E-state index in [2.05, 4.69) is 62.1 Å². The highest BCUT2D eigenvalue weighted by molar-refractivity contribution is 5.78. The topological polar surface area (TPSA) is 109 Å². The predicted octanol–water partition coefficient (Wildman–Crippen LogP) is 7.11. The summed E-state index contributed by atoms with van der Waals surface area (Å²) in [5.41, 5.74) is 7.48. The van der Waals surface area contributed by atoms with Crippen molar-refractivity contribution in [1.82, 2.24) is 14.6 Å². The molecule has 0 amide bonds. The Hall–Kier alpha value is -4.21. The molecule has 3 aliphatic rings. The van der Waals surface area contributed by atoms with Crippen molar-refractivity contribution in [1.29, 1.82) is 0 Å². The Kier molecular flexibility index (Phi) is 9.80. The zero-order valence-corrected chi connectivity index (χ0v) is 28.9. The molecule has 1 fully saturated rings. The van der Waals surface area contributed by atoms with E-state index in [0.29, 0.717) is 23.5 Å². The first-order valence-corrected chi connectivity index (χ1v) is 16.4. The number of hydrogen-bond acceptors (Lipinski definition) is 7. The standard InChI is InChI=1S/C34H38N4O4.C4H10O/c1-21-16-28-25-9-6-10-26(18-25)29-20-31-35-24(4)27(19-32(39)40)33(38(31)36-29)37-13-11-34(5,12-14-37)41-15-7-8-23(3)42-30(28)17-22(21)2;1-4(2,3)5/h6-10,16-18,20,23H,11-15,19H2,1-5H3,(H,39,40);5H,1-3H3/b8-7+;. The molecular weight excluding hydrogens is 592 g/mol. The Morgan fingerprint density at radius 1 is 1.04 bits per heavy atom. The lowest BCUT2D eigenvalue weighted by molar-refractivity contribution is -0.136. The summed E-state index contributed by atoms with van der Waals surface area (Å²) in [4.78, 5) is 19.0. The molecule has 1 saturated heterocycles. The minimum Gasteiger partial charge on any atom is -0.486 e. The van der Waals surface area contributed by atoms with E-state index < -0.39 is 11.6 Å². The lowest BCUT2D eigenvalue weighted by atomic mass is 9.93. The molecule has 9 heteroatoms. The van der Waals surface area contributed by atoms with Gasteiger partial charge in [0, 0.05) is 41.5 Å². The van der Waals surface area contributed by atoms with Crippen molar-refractivity contribution in [3.63, 3.8) is 0 Å². The molecule has 0 saturated carbocycles. The van der Waals surface area contributed by atoms with E-state index in [1.807, 2.05) is 36.6 Å². The third-order valence-corrected chi connectivity index (χ3v) is 8.64. The van der Waals surface area contributed by atoms with Crippen LogP contribution in [-0.4, -0.2) is 67.8 Å². The van der Waals surface area contributed by atoms with Crippen LogP contribution in [0, 0.1) is 20.8 Å². The van der Waals surface area contributed by atoms with Crippen LogP contribution in [-0.2, 0) is 16.0 Å². The molecule has 1 atom stereocenters. The van der Waals surface area contributed by atoms with Crippen LogP contribution in [0.3, 0.4) is 0 Å². The molecule has 5 heterocycles. The van der Waals surface area contributed by atoms with Gasteiger partial charge in [0.1, 0.15) is 17.7 Å². The number of fused-ring (bicyclic) bond motifs is 6. The Labute approximate surface area is 277 Å². The van der Waals surface area contributed by atoms with Crippen molar-refractivity contribution >= 4 is 17.4 Å². The zero-order chi connectivity index (χ0) is 34.1. The second-order valence-corrected chi connectivity index (χ2v) is 14.1. The Bertz CT molecular complexity index is 1790. The van der Waals surface area contributed by atoms with E-state index in [9.17, 15) is 9.90 Å². The van der Waals surface area contributed by atoms with Crippen LogP contribution in [0.25, 0.3) is 28.0 Å². The molecule has 6 bridgehead atoms. The average molecular weight is 641 g/mol. The minimum absolute atomic E-state index is 0.114. The van der Waals surface area contributed by atoms with E-state index in [-0.39, 0.29) is 18.1 Å². The van der Waals surface area contributed by atoms with Gasteiger partial charge in [-0.2, -0.15) is 9.61 Å². The molecule has 2 aromatic heterocycles. The first-order chi connectivity index (χ1) is 22.1. The van der Waals surface area contributed by atoms with Crippen LogP contribution in [0.2, 0.25) is 0 Å². The molecule has 2 aromatic carbocycles. The van der Waals surface area contributed by atoms with E-state index in [0.717, 1.165) is 59.9 Å². The summed E-state index contributed by atoms with van der Waals surface area (Å²) >= 11 is 0. The SMILES string of the molecule is CC(C)(C)O.Cc1cc2c(cc1C)-c1cccc(c1)-c1cc3nc(C)c(CC(=O)O)c(n3n1)N1CCC(C)(CC1)OC/C=C/C(C)O2. The van der Waals surface area contributed by atoms with Crippen LogP contribution in [0.4, 0.5) is 5.82 Å². The van der Waals surface area contributed by atoms with Gasteiger partial charge in [-0.3, -0.25) is 4.79 Å². The van der Waals surface area contributed by atoms with Gasteiger partial charge in [-0.15, -0.1) is 0 Å². The highest BCUT2D eigenvalue weighted by Gasteiger charge is 2.33. The van der Waals surface area contributed by atoms with Gasteiger partial charge in [-0.25, -0.2) is 4.98 Å². The summed E-state index contributed by atoms with van der Waals surface area (Å²) in [6.45, 7) is 17.5. The van der Waals surface area contributed by atoms with Gasteiger partial charge in [0.2, 0.25) is 0 Å². The quantitative estimate of drug-likeness (QED) is 0.223. The summed E-state index contributed by atoms with van der Waals surface area (Å²) in [7, 11) is 0. The number of benzene rings is 2. The van der Waals surface area contributed by atoms with Crippen LogP contribution in [0.15, 0.2) is 54.6 Å². The number of ether oxygens (including phenoxy) is 2. The molecule has 0 aliphatic carbocycles. The third-order valence-electron chi connectivity index (χ3n) is 8.64. The highest BCUT2D eigenvalue weighted by atomic mass is 16.5. The monoisotopic (exact) mass is 640 g/mol. The lowest BCUT2D eigenvalue weighted by Gasteiger charge is -2.40. The van der Waals surface area contributed by atoms with Crippen LogP contribution in [0.5, 0.6) is 5.75 Å². The van der Waals surface area contributed by atoms with Crippen molar-refractivity contribution in [3.8, 4) is 28.1 Å². The van der Waals surface area contributed by atoms with E-state index >= 15 is 0 Å². The van der Waals surface area contributed by atoms with E-state index in [4.69, 9.17) is 24.7 Å².